The lowest BCUT2D eigenvalue weighted by atomic mass is 10.0. The first-order chi connectivity index (χ1) is 19.8. The van der Waals surface area contributed by atoms with Gasteiger partial charge in [-0.25, -0.2) is 4.79 Å². The van der Waals surface area contributed by atoms with Crippen molar-refractivity contribution in [2.24, 2.45) is 0 Å². The van der Waals surface area contributed by atoms with Gasteiger partial charge in [-0.2, -0.15) is 0 Å². The highest BCUT2D eigenvalue weighted by Crippen LogP contribution is 2.38. The predicted molar refractivity (Wildman–Crippen MR) is 162 cm³/mol. The zero-order valence-electron chi connectivity index (χ0n) is 22.3. The summed E-state index contributed by atoms with van der Waals surface area (Å²) in [5.74, 6) is -0.242. The number of aryl methyl sites for hydroxylation is 1. The molecule has 4 aromatic rings. The number of carbonyl (C=O) groups excluding carboxylic acids is 3. The van der Waals surface area contributed by atoms with Crippen LogP contribution in [0, 0.1) is 6.92 Å². The van der Waals surface area contributed by atoms with Gasteiger partial charge in [0.15, 0.2) is 18.1 Å². The number of esters is 2. The molecule has 0 atom stereocenters. The normalized spacial score (nSPS) is 11.9. The zero-order chi connectivity index (χ0) is 28.9. The van der Waals surface area contributed by atoms with E-state index in [1.807, 2.05) is 61.5 Å². The van der Waals surface area contributed by atoms with E-state index in [4.69, 9.17) is 18.9 Å². The Morgan fingerprint density at radius 1 is 1.05 bits per heavy atom. The number of thioether (sulfide) groups is 1. The molecule has 1 aliphatic rings. The van der Waals surface area contributed by atoms with Crippen LogP contribution in [0.4, 0.5) is 5.00 Å². The molecule has 0 aliphatic carbocycles. The average molecular weight is 657 g/mol. The van der Waals surface area contributed by atoms with Crippen LogP contribution in [0.2, 0.25) is 0 Å². The molecule has 1 aliphatic heterocycles. The van der Waals surface area contributed by atoms with E-state index in [0.717, 1.165) is 36.1 Å². The molecule has 0 saturated carbocycles. The number of ether oxygens (including phenoxy) is 4. The van der Waals surface area contributed by atoms with Gasteiger partial charge in [0.05, 0.1) is 17.9 Å². The van der Waals surface area contributed by atoms with Crippen LogP contribution in [0.15, 0.2) is 64.0 Å². The molecule has 0 spiro atoms. The third-order valence-corrected chi connectivity index (χ3v) is 9.51. The van der Waals surface area contributed by atoms with Crippen molar-refractivity contribution in [1.29, 1.82) is 0 Å². The number of hydrogen-bond acceptors (Lipinski definition) is 9. The summed E-state index contributed by atoms with van der Waals surface area (Å²) >= 11 is 6.21. The molecule has 0 fully saturated rings. The summed E-state index contributed by atoms with van der Waals surface area (Å²) < 4.78 is 22.3. The number of thiophene rings is 1. The molecule has 11 heteroatoms. The first-order valence-corrected chi connectivity index (χ1v) is 15.4. The van der Waals surface area contributed by atoms with Crippen LogP contribution in [0.25, 0.3) is 10.8 Å². The number of hydrogen-bond donors (Lipinski definition) is 1. The van der Waals surface area contributed by atoms with Crippen molar-refractivity contribution in [2.45, 2.75) is 25.2 Å². The number of benzene rings is 3. The highest BCUT2D eigenvalue weighted by Gasteiger charge is 2.25. The van der Waals surface area contributed by atoms with Crippen molar-refractivity contribution in [1.82, 2.24) is 0 Å². The summed E-state index contributed by atoms with van der Waals surface area (Å²) in [4.78, 5) is 39.9. The molecule has 0 radical (unpaired) electrons. The van der Waals surface area contributed by atoms with Gasteiger partial charge in [-0.1, -0.05) is 36.4 Å². The van der Waals surface area contributed by atoms with Gasteiger partial charge >= 0.3 is 11.9 Å². The van der Waals surface area contributed by atoms with Crippen LogP contribution < -0.4 is 14.8 Å². The lowest BCUT2D eigenvalue weighted by Gasteiger charge is -2.10. The zero-order valence-corrected chi connectivity index (χ0v) is 25.5. The molecule has 0 saturated heterocycles. The molecule has 3 aromatic carbocycles. The smallest absolute Gasteiger partial charge is 0.341 e. The van der Waals surface area contributed by atoms with Crippen molar-refractivity contribution >= 4 is 72.6 Å². The van der Waals surface area contributed by atoms with Crippen molar-refractivity contribution in [2.75, 3.05) is 31.1 Å². The Kier molecular flexibility index (Phi) is 9.16. The number of halogens is 1. The van der Waals surface area contributed by atoms with Gasteiger partial charge < -0.3 is 24.3 Å². The SMILES string of the molecule is CCOC(=O)c1c(NC(=O)COC(=O)CSc2ccc3ccccc3c2Br)sc(C)c1Cc1ccc2c(c1)OCO2. The maximum absolute atomic E-state index is 13.0. The predicted octanol–water partition coefficient (Wildman–Crippen LogP) is 6.74. The van der Waals surface area contributed by atoms with Crippen LogP contribution in [-0.4, -0.2) is 43.6 Å². The molecule has 41 heavy (non-hydrogen) atoms. The fourth-order valence-corrected chi connectivity index (χ4v) is 7.04. The van der Waals surface area contributed by atoms with Crippen LogP contribution in [0.1, 0.15) is 33.3 Å². The molecule has 0 bridgehead atoms. The molecule has 1 N–H and O–H groups in total. The minimum Gasteiger partial charge on any atom is -0.462 e. The van der Waals surface area contributed by atoms with Crippen LogP contribution in [0.5, 0.6) is 11.5 Å². The standard InChI is InChI=1S/C30H26BrNO7S2/c1-3-36-30(35)27-21(12-18-8-10-22-23(13-18)39-16-38-22)17(2)41-29(27)32-25(33)14-37-26(34)15-40-24-11-9-19-6-4-5-7-20(19)28(24)31/h4-11,13H,3,12,14-16H2,1-2H3,(H,32,33). The minimum absolute atomic E-state index is 0.0378. The summed E-state index contributed by atoms with van der Waals surface area (Å²) in [6, 6.07) is 17.5. The lowest BCUT2D eigenvalue weighted by molar-refractivity contribution is -0.144. The van der Waals surface area contributed by atoms with E-state index in [2.05, 4.69) is 21.2 Å². The highest BCUT2D eigenvalue weighted by atomic mass is 79.9. The number of amides is 1. The van der Waals surface area contributed by atoms with Gasteiger partial charge in [-0.05, 0) is 76.3 Å². The maximum atomic E-state index is 13.0. The fraction of sp³-hybridized carbons (Fsp3) is 0.233. The molecule has 1 aromatic heterocycles. The molecule has 212 valence electrons. The third-order valence-electron chi connectivity index (χ3n) is 6.30. The average Bonchev–Trinajstić information content (AvgIpc) is 3.55. The summed E-state index contributed by atoms with van der Waals surface area (Å²) in [5.41, 5.74) is 1.96. The molecular weight excluding hydrogens is 630 g/mol. The van der Waals surface area contributed by atoms with E-state index in [9.17, 15) is 14.4 Å². The van der Waals surface area contributed by atoms with Gasteiger partial charge in [0.1, 0.15) is 5.00 Å². The highest BCUT2D eigenvalue weighted by molar-refractivity contribution is 9.10. The second-order valence-electron chi connectivity index (χ2n) is 9.02. The van der Waals surface area contributed by atoms with Gasteiger partial charge in [0.25, 0.3) is 5.91 Å². The van der Waals surface area contributed by atoms with Crippen molar-refractivity contribution in [3.05, 3.63) is 80.6 Å². The number of nitrogens with one attached hydrogen (secondary N) is 1. The first kappa shape index (κ1) is 29.0. The Labute approximate surface area is 253 Å². The van der Waals surface area contributed by atoms with E-state index in [0.29, 0.717) is 28.5 Å². The van der Waals surface area contributed by atoms with Crippen molar-refractivity contribution in [3.63, 3.8) is 0 Å². The van der Waals surface area contributed by atoms with Crippen LogP contribution in [0.3, 0.4) is 0 Å². The monoisotopic (exact) mass is 655 g/mol. The Hall–Kier alpha value is -3.54. The van der Waals surface area contributed by atoms with E-state index >= 15 is 0 Å². The maximum Gasteiger partial charge on any atom is 0.341 e. The van der Waals surface area contributed by atoms with E-state index in [1.54, 1.807) is 6.92 Å². The molecule has 2 heterocycles. The minimum atomic E-state index is -0.545. The number of fused-ring (bicyclic) bond motifs is 2. The van der Waals surface area contributed by atoms with E-state index in [-0.39, 0.29) is 19.2 Å². The fourth-order valence-electron chi connectivity index (χ4n) is 4.37. The van der Waals surface area contributed by atoms with E-state index in [1.165, 1.54) is 23.1 Å². The summed E-state index contributed by atoms with van der Waals surface area (Å²) in [7, 11) is 0. The summed E-state index contributed by atoms with van der Waals surface area (Å²) in [6.07, 6.45) is 0.430. The molecule has 1 amide bonds. The second kappa shape index (κ2) is 13.0. The Balaban J connectivity index is 1.22. The van der Waals surface area contributed by atoms with Crippen molar-refractivity contribution in [3.8, 4) is 11.5 Å². The van der Waals surface area contributed by atoms with Crippen LogP contribution in [-0.2, 0) is 25.5 Å². The van der Waals surface area contributed by atoms with Gasteiger partial charge in [0.2, 0.25) is 6.79 Å². The molecule has 8 nitrogen and oxygen atoms in total. The quantitative estimate of drug-likeness (QED) is 0.148. The van der Waals surface area contributed by atoms with Gasteiger partial charge in [-0.3, -0.25) is 9.59 Å². The summed E-state index contributed by atoms with van der Waals surface area (Å²) in [5, 5.41) is 5.23. The van der Waals surface area contributed by atoms with E-state index < -0.39 is 24.5 Å². The van der Waals surface area contributed by atoms with Crippen molar-refractivity contribution < 1.29 is 33.3 Å². The molecule has 0 unspecified atom stereocenters. The first-order valence-electron chi connectivity index (χ1n) is 12.8. The number of rotatable bonds is 10. The van der Waals surface area contributed by atoms with Gasteiger partial charge in [-0.15, -0.1) is 23.1 Å². The van der Waals surface area contributed by atoms with Gasteiger partial charge in [0, 0.05) is 14.2 Å². The molecule has 5 rings (SSSR count). The Morgan fingerprint density at radius 2 is 1.85 bits per heavy atom. The second-order valence-corrected chi connectivity index (χ2v) is 12.1. The topological polar surface area (TPSA) is 100 Å². The lowest BCUT2D eigenvalue weighted by Crippen LogP contribution is -2.22. The number of carbonyl (C=O) groups is 3. The number of anilines is 1. The molecular formula is C30H26BrNO7S2. The Bertz CT molecular complexity index is 1630. The Morgan fingerprint density at radius 3 is 2.68 bits per heavy atom. The van der Waals surface area contributed by atoms with Crippen LogP contribution >= 0.6 is 39.0 Å². The third kappa shape index (κ3) is 6.69. The summed E-state index contributed by atoms with van der Waals surface area (Å²) in [6.45, 7) is 3.49. The largest absolute Gasteiger partial charge is 0.462 e.